The zero-order valence-corrected chi connectivity index (χ0v) is 10.9. The molecule has 0 aliphatic rings. The minimum absolute atomic E-state index is 0.143. The molecule has 9 heteroatoms. The number of aromatic amines is 1. The smallest absolute Gasteiger partial charge is 0.373 e. The number of aryl methyl sites for hydroxylation is 1. The lowest BCUT2D eigenvalue weighted by Crippen LogP contribution is -2.07. The van der Waals surface area contributed by atoms with E-state index in [4.69, 9.17) is 0 Å². The van der Waals surface area contributed by atoms with Crippen LogP contribution in [0.5, 0.6) is 0 Å². The van der Waals surface area contributed by atoms with E-state index >= 15 is 0 Å². The van der Waals surface area contributed by atoms with Crippen molar-refractivity contribution in [1.29, 1.82) is 0 Å². The molecule has 0 spiro atoms. The first kappa shape index (κ1) is 13.7. The minimum atomic E-state index is -4.42. The van der Waals surface area contributed by atoms with Gasteiger partial charge >= 0.3 is 6.18 Å². The normalized spacial score (nSPS) is 11.6. The molecule has 5 nitrogen and oxygen atoms in total. The van der Waals surface area contributed by atoms with Gasteiger partial charge in [0.2, 0.25) is 5.16 Å². The van der Waals surface area contributed by atoms with Crippen molar-refractivity contribution in [2.45, 2.75) is 23.3 Å². The zero-order valence-electron chi connectivity index (χ0n) is 10.0. The van der Waals surface area contributed by atoms with E-state index in [1.54, 1.807) is 6.92 Å². The van der Waals surface area contributed by atoms with Crippen LogP contribution in [0.1, 0.15) is 11.4 Å². The Bertz CT molecular complexity index is 581. The molecule has 0 aliphatic carbocycles. The van der Waals surface area contributed by atoms with Crippen LogP contribution in [0, 0.1) is 6.92 Å². The Morgan fingerprint density at radius 1 is 1.26 bits per heavy atom. The topological polar surface area (TPSA) is 66.5 Å². The van der Waals surface area contributed by atoms with Gasteiger partial charge in [0, 0.05) is 7.05 Å². The predicted molar refractivity (Wildman–Crippen MR) is 64.0 cm³/mol. The number of rotatable bonds is 3. The SMILES string of the molecule is CNc1cc(C(F)(F)F)cc(Sc2n[nH]c(C)n2)n1. The molecule has 0 aromatic carbocycles. The van der Waals surface area contributed by atoms with E-state index in [1.165, 1.54) is 7.05 Å². The number of pyridine rings is 1. The number of H-pyrrole nitrogens is 1. The van der Waals surface area contributed by atoms with Crippen LogP contribution in [0.25, 0.3) is 0 Å². The van der Waals surface area contributed by atoms with Gasteiger partial charge in [0.05, 0.1) is 5.56 Å². The number of hydrogen-bond acceptors (Lipinski definition) is 5. The fourth-order valence-electron chi connectivity index (χ4n) is 1.31. The van der Waals surface area contributed by atoms with Crippen molar-refractivity contribution in [1.82, 2.24) is 20.2 Å². The largest absolute Gasteiger partial charge is 0.416 e. The van der Waals surface area contributed by atoms with Crippen molar-refractivity contribution in [3.05, 3.63) is 23.5 Å². The number of alkyl halides is 3. The first-order valence-corrected chi connectivity index (χ1v) is 6.04. The zero-order chi connectivity index (χ0) is 14.0. The van der Waals surface area contributed by atoms with E-state index in [0.717, 1.165) is 23.9 Å². The lowest BCUT2D eigenvalue weighted by atomic mass is 10.2. The maximum absolute atomic E-state index is 12.7. The summed E-state index contributed by atoms with van der Waals surface area (Å²) in [6.07, 6.45) is -4.42. The minimum Gasteiger partial charge on any atom is -0.373 e. The Kier molecular flexibility index (Phi) is 3.65. The quantitative estimate of drug-likeness (QED) is 0.909. The monoisotopic (exact) mass is 289 g/mol. The van der Waals surface area contributed by atoms with Gasteiger partial charge in [0.25, 0.3) is 0 Å². The molecule has 0 aliphatic heterocycles. The fourth-order valence-corrected chi connectivity index (χ4v) is 2.10. The van der Waals surface area contributed by atoms with E-state index in [2.05, 4.69) is 25.5 Å². The molecular weight excluding hydrogens is 279 g/mol. The van der Waals surface area contributed by atoms with Crippen molar-refractivity contribution in [3.63, 3.8) is 0 Å². The number of aromatic nitrogens is 4. The van der Waals surface area contributed by atoms with Crippen LogP contribution in [0.15, 0.2) is 22.3 Å². The molecule has 2 heterocycles. The third kappa shape index (κ3) is 3.37. The van der Waals surface area contributed by atoms with Crippen molar-refractivity contribution < 1.29 is 13.2 Å². The molecule has 0 radical (unpaired) electrons. The number of nitrogens with one attached hydrogen (secondary N) is 2. The Labute approximate surface area is 111 Å². The van der Waals surface area contributed by atoms with Crippen LogP contribution >= 0.6 is 11.8 Å². The van der Waals surface area contributed by atoms with Gasteiger partial charge in [0.1, 0.15) is 16.7 Å². The molecule has 2 N–H and O–H groups in total. The highest BCUT2D eigenvalue weighted by Gasteiger charge is 2.31. The fraction of sp³-hybridized carbons (Fsp3) is 0.300. The molecule has 0 fully saturated rings. The average Bonchev–Trinajstić information content (AvgIpc) is 2.73. The molecule has 0 atom stereocenters. The summed E-state index contributed by atoms with van der Waals surface area (Å²) in [5.41, 5.74) is -0.762. The Hall–Kier alpha value is -1.77. The Balaban J connectivity index is 2.34. The Morgan fingerprint density at radius 2 is 2.00 bits per heavy atom. The van der Waals surface area contributed by atoms with Crippen LogP contribution in [0.4, 0.5) is 19.0 Å². The number of halogens is 3. The number of anilines is 1. The summed E-state index contributed by atoms with van der Waals surface area (Å²) >= 11 is 0.964. The summed E-state index contributed by atoms with van der Waals surface area (Å²) in [6.45, 7) is 1.70. The van der Waals surface area contributed by atoms with Crippen LogP contribution < -0.4 is 5.32 Å². The van der Waals surface area contributed by atoms with Crippen molar-refractivity contribution in [3.8, 4) is 0 Å². The summed E-state index contributed by atoms with van der Waals surface area (Å²) in [7, 11) is 1.51. The highest BCUT2D eigenvalue weighted by Crippen LogP contribution is 2.34. The molecule has 0 amide bonds. The van der Waals surface area contributed by atoms with E-state index in [1.807, 2.05) is 0 Å². The van der Waals surface area contributed by atoms with Gasteiger partial charge in [-0.2, -0.15) is 13.2 Å². The van der Waals surface area contributed by atoms with Crippen LogP contribution in [0.2, 0.25) is 0 Å². The molecule has 0 unspecified atom stereocenters. The van der Waals surface area contributed by atoms with Gasteiger partial charge in [-0.3, -0.25) is 5.10 Å². The summed E-state index contributed by atoms with van der Waals surface area (Å²) in [4.78, 5) is 8.04. The lowest BCUT2D eigenvalue weighted by molar-refractivity contribution is -0.137. The van der Waals surface area contributed by atoms with Gasteiger partial charge in [0.15, 0.2) is 0 Å². The third-order valence-electron chi connectivity index (χ3n) is 2.16. The molecular formula is C10H10F3N5S. The van der Waals surface area contributed by atoms with E-state index in [-0.39, 0.29) is 10.8 Å². The van der Waals surface area contributed by atoms with E-state index < -0.39 is 11.7 Å². The Morgan fingerprint density at radius 3 is 2.53 bits per heavy atom. The van der Waals surface area contributed by atoms with Crippen LogP contribution in [0.3, 0.4) is 0 Å². The predicted octanol–water partition coefficient (Wildman–Crippen LogP) is 2.72. The summed E-state index contributed by atoms with van der Waals surface area (Å²) in [5.74, 6) is 0.730. The molecule has 2 aromatic heterocycles. The van der Waals surface area contributed by atoms with E-state index in [9.17, 15) is 13.2 Å². The number of nitrogens with zero attached hydrogens (tertiary/aromatic N) is 3. The molecule has 2 rings (SSSR count). The van der Waals surface area contributed by atoms with Gasteiger partial charge in [-0.1, -0.05) is 0 Å². The van der Waals surface area contributed by atoms with Crippen molar-refractivity contribution in [2.75, 3.05) is 12.4 Å². The summed E-state index contributed by atoms with van der Waals surface area (Å²) in [6, 6.07) is 1.92. The van der Waals surface area contributed by atoms with Gasteiger partial charge in [-0.05, 0) is 30.8 Å². The molecule has 2 aromatic rings. The maximum Gasteiger partial charge on any atom is 0.416 e. The lowest BCUT2D eigenvalue weighted by Gasteiger charge is -2.10. The standard InChI is InChI=1S/C10H10F3N5S/c1-5-15-9(18-17-5)19-8-4-6(10(11,12)13)3-7(14-2)16-8/h3-4H,1-2H3,(H,14,16)(H,15,17,18). The molecule has 102 valence electrons. The first-order valence-electron chi connectivity index (χ1n) is 5.22. The second-order valence-corrected chi connectivity index (χ2v) is 4.62. The van der Waals surface area contributed by atoms with E-state index in [0.29, 0.717) is 11.0 Å². The molecule has 19 heavy (non-hydrogen) atoms. The molecule has 0 bridgehead atoms. The highest BCUT2D eigenvalue weighted by molar-refractivity contribution is 7.99. The average molecular weight is 289 g/mol. The maximum atomic E-state index is 12.7. The number of hydrogen-bond donors (Lipinski definition) is 2. The van der Waals surface area contributed by atoms with Crippen LogP contribution in [-0.4, -0.2) is 27.2 Å². The summed E-state index contributed by atoms with van der Waals surface area (Å²) < 4.78 is 38.2. The van der Waals surface area contributed by atoms with Gasteiger partial charge in [-0.15, -0.1) is 5.10 Å². The van der Waals surface area contributed by atoms with Crippen molar-refractivity contribution >= 4 is 17.6 Å². The highest BCUT2D eigenvalue weighted by atomic mass is 32.2. The van der Waals surface area contributed by atoms with Crippen molar-refractivity contribution in [2.24, 2.45) is 0 Å². The van der Waals surface area contributed by atoms with Crippen LogP contribution in [-0.2, 0) is 6.18 Å². The summed E-state index contributed by atoms with van der Waals surface area (Å²) in [5, 5.41) is 9.56. The molecule has 0 saturated heterocycles. The second kappa shape index (κ2) is 5.08. The van der Waals surface area contributed by atoms with Gasteiger partial charge < -0.3 is 5.32 Å². The molecule has 0 saturated carbocycles. The second-order valence-electron chi connectivity index (χ2n) is 3.63. The van der Waals surface area contributed by atoms with Gasteiger partial charge in [-0.25, -0.2) is 9.97 Å². The first-order chi connectivity index (χ1) is 8.88. The third-order valence-corrected chi connectivity index (χ3v) is 2.94.